The summed E-state index contributed by atoms with van der Waals surface area (Å²) in [5, 5.41) is 7.49. The van der Waals surface area contributed by atoms with Crippen molar-refractivity contribution in [3.05, 3.63) is 131 Å². The Morgan fingerprint density at radius 3 is 2.28 bits per heavy atom. The molecule has 232 valence electrons. The Labute approximate surface area is 271 Å². The lowest BCUT2D eigenvalue weighted by Crippen LogP contribution is -2.35. The van der Waals surface area contributed by atoms with Crippen LogP contribution in [0.2, 0.25) is 0 Å². The molecule has 3 aromatic heterocycles. The molecule has 7 nitrogen and oxygen atoms in total. The quantitative estimate of drug-likeness (QED) is 0.173. The molecule has 0 saturated heterocycles. The van der Waals surface area contributed by atoms with Crippen LogP contribution in [-0.4, -0.2) is 30.6 Å². The molecule has 1 aliphatic carbocycles. The molecule has 1 aliphatic rings. The zero-order chi connectivity index (χ0) is 31.7. The fourth-order valence-electron chi connectivity index (χ4n) is 6.57. The first-order chi connectivity index (χ1) is 22.6. The first-order valence-corrected chi connectivity index (χ1v) is 16.2. The minimum absolute atomic E-state index is 0.0326. The second-order valence-electron chi connectivity index (χ2n) is 12.3. The summed E-state index contributed by atoms with van der Waals surface area (Å²) in [5.74, 6) is 4.01. The Balaban J connectivity index is 1.13. The molecule has 0 radical (unpaired) electrons. The molecular weight excluding hydrogens is 568 g/mol. The SMILES string of the molecule is C#Cc1cnc(C[C@H]2CC[C@H](C(C(=O)NCc3ccccc3)c3ccc(-c4cnn(C)c4)cn3)CC2)nc1CCc1ccccc1. The lowest BCUT2D eigenvalue weighted by Gasteiger charge is -2.33. The van der Waals surface area contributed by atoms with Gasteiger partial charge in [0.2, 0.25) is 5.91 Å². The number of carbonyl (C=O) groups is 1. The minimum atomic E-state index is -0.316. The van der Waals surface area contributed by atoms with E-state index in [1.54, 1.807) is 4.68 Å². The van der Waals surface area contributed by atoms with E-state index in [4.69, 9.17) is 16.4 Å². The van der Waals surface area contributed by atoms with Gasteiger partial charge in [0.1, 0.15) is 5.82 Å². The van der Waals surface area contributed by atoms with E-state index in [1.165, 1.54) is 5.56 Å². The maximum absolute atomic E-state index is 13.8. The van der Waals surface area contributed by atoms with E-state index in [-0.39, 0.29) is 17.7 Å². The van der Waals surface area contributed by atoms with Crippen molar-refractivity contribution in [3.8, 4) is 23.5 Å². The molecular formula is C39H40N6O. The fraction of sp³-hybridized carbons (Fsp3) is 0.308. The molecule has 3 heterocycles. The van der Waals surface area contributed by atoms with Gasteiger partial charge in [-0.1, -0.05) is 72.7 Å². The average molecular weight is 609 g/mol. The van der Waals surface area contributed by atoms with Gasteiger partial charge >= 0.3 is 0 Å². The number of terminal acetylenes is 1. The van der Waals surface area contributed by atoms with Gasteiger partial charge in [-0.25, -0.2) is 9.97 Å². The Morgan fingerprint density at radius 1 is 0.891 bits per heavy atom. The molecule has 2 aromatic carbocycles. The van der Waals surface area contributed by atoms with Gasteiger partial charge in [0, 0.05) is 49.7 Å². The highest BCUT2D eigenvalue weighted by atomic mass is 16.1. The molecule has 1 N–H and O–H groups in total. The van der Waals surface area contributed by atoms with Crippen molar-refractivity contribution in [2.75, 3.05) is 0 Å². The van der Waals surface area contributed by atoms with E-state index in [1.807, 2.05) is 74.3 Å². The van der Waals surface area contributed by atoms with Crippen LogP contribution in [-0.2, 0) is 37.6 Å². The second-order valence-corrected chi connectivity index (χ2v) is 12.3. The van der Waals surface area contributed by atoms with Crippen molar-refractivity contribution < 1.29 is 4.79 Å². The van der Waals surface area contributed by atoms with E-state index >= 15 is 0 Å². The summed E-state index contributed by atoms with van der Waals surface area (Å²) in [6, 6.07) is 24.5. The van der Waals surface area contributed by atoms with Crippen LogP contribution in [0, 0.1) is 24.2 Å². The molecule has 0 bridgehead atoms. The molecule has 1 amide bonds. The van der Waals surface area contributed by atoms with E-state index in [0.29, 0.717) is 12.5 Å². The van der Waals surface area contributed by atoms with Crippen LogP contribution < -0.4 is 5.32 Å². The standard InChI is InChI=1S/C39H40N6O/c1-3-31-24-41-37(44-35(31)20-16-28-10-6-4-7-11-28)22-29-14-17-32(18-15-29)38(39(46)42-23-30-12-8-5-9-13-30)36-21-19-33(25-40-36)34-26-43-45(2)27-34/h1,4-13,19,21,24-27,29,32,38H,14-18,20,22-23H2,2H3,(H,42,46)/t29-,32-,38?. The number of amides is 1. The van der Waals surface area contributed by atoms with Crippen LogP contribution in [0.25, 0.3) is 11.1 Å². The first kappa shape index (κ1) is 30.9. The van der Waals surface area contributed by atoms with Crippen LogP contribution >= 0.6 is 0 Å². The highest BCUT2D eigenvalue weighted by molar-refractivity contribution is 5.83. The van der Waals surface area contributed by atoms with Crippen LogP contribution in [0.3, 0.4) is 0 Å². The summed E-state index contributed by atoms with van der Waals surface area (Å²) in [6.07, 6.45) is 19.7. The van der Waals surface area contributed by atoms with Gasteiger partial charge in [-0.3, -0.25) is 14.5 Å². The van der Waals surface area contributed by atoms with Crippen molar-refractivity contribution in [1.82, 2.24) is 30.0 Å². The third-order valence-electron chi connectivity index (χ3n) is 9.14. The number of pyridine rings is 1. The fourth-order valence-corrected chi connectivity index (χ4v) is 6.57. The second kappa shape index (κ2) is 14.8. The third-order valence-corrected chi connectivity index (χ3v) is 9.14. The molecule has 0 aliphatic heterocycles. The normalized spacial score (nSPS) is 16.8. The van der Waals surface area contributed by atoms with Gasteiger partial charge in [0.25, 0.3) is 0 Å². The third kappa shape index (κ3) is 7.76. The molecule has 1 fully saturated rings. The molecule has 0 spiro atoms. The highest BCUT2D eigenvalue weighted by Crippen LogP contribution is 2.39. The number of benzene rings is 2. The van der Waals surface area contributed by atoms with Crippen LogP contribution in [0.1, 0.15) is 65.5 Å². The zero-order valence-electron chi connectivity index (χ0n) is 26.3. The van der Waals surface area contributed by atoms with E-state index in [9.17, 15) is 4.79 Å². The highest BCUT2D eigenvalue weighted by Gasteiger charge is 2.34. The monoisotopic (exact) mass is 608 g/mol. The maximum Gasteiger partial charge on any atom is 0.229 e. The number of nitrogens with one attached hydrogen (secondary N) is 1. The Hall–Kier alpha value is -5.09. The lowest BCUT2D eigenvalue weighted by molar-refractivity contribution is -0.124. The van der Waals surface area contributed by atoms with Crippen LogP contribution in [0.15, 0.2) is 97.6 Å². The number of hydrogen-bond acceptors (Lipinski definition) is 5. The van der Waals surface area contributed by atoms with Gasteiger partial charge in [-0.15, -0.1) is 6.42 Å². The summed E-state index contributed by atoms with van der Waals surface area (Å²) < 4.78 is 1.78. The molecule has 1 unspecified atom stereocenters. The van der Waals surface area contributed by atoms with Gasteiger partial charge < -0.3 is 5.32 Å². The Kier molecular flexibility index (Phi) is 9.94. The van der Waals surface area contributed by atoms with E-state index < -0.39 is 0 Å². The number of hydrogen-bond donors (Lipinski definition) is 1. The molecule has 1 saturated carbocycles. The smallest absolute Gasteiger partial charge is 0.229 e. The van der Waals surface area contributed by atoms with Crippen molar-refractivity contribution in [2.45, 2.75) is 57.4 Å². The summed E-state index contributed by atoms with van der Waals surface area (Å²) in [4.78, 5) is 28.2. The predicted octanol–water partition coefficient (Wildman–Crippen LogP) is 6.49. The van der Waals surface area contributed by atoms with Gasteiger partial charge in [-0.2, -0.15) is 5.10 Å². The maximum atomic E-state index is 13.8. The molecule has 7 heteroatoms. The predicted molar refractivity (Wildman–Crippen MR) is 180 cm³/mol. The van der Waals surface area contributed by atoms with Crippen LogP contribution in [0.4, 0.5) is 0 Å². The zero-order valence-corrected chi connectivity index (χ0v) is 26.3. The van der Waals surface area contributed by atoms with E-state index in [0.717, 1.165) is 84.4 Å². The molecule has 46 heavy (non-hydrogen) atoms. The number of nitrogens with zero attached hydrogens (tertiary/aromatic N) is 5. The number of carbonyl (C=O) groups excluding carboxylic acids is 1. The van der Waals surface area contributed by atoms with Crippen LogP contribution in [0.5, 0.6) is 0 Å². The number of aromatic nitrogens is 5. The topological polar surface area (TPSA) is 85.6 Å². The van der Waals surface area contributed by atoms with Crippen molar-refractivity contribution in [2.24, 2.45) is 18.9 Å². The summed E-state index contributed by atoms with van der Waals surface area (Å²) in [5.41, 5.74) is 6.88. The summed E-state index contributed by atoms with van der Waals surface area (Å²) in [7, 11) is 1.90. The van der Waals surface area contributed by atoms with Gasteiger partial charge in [0.05, 0.1) is 29.1 Å². The van der Waals surface area contributed by atoms with Crippen molar-refractivity contribution in [1.29, 1.82) is 0 Å². The minimum Gasteiger partial charge on any atom is -0.351 e. The largest absolute Gasteiger partial charge is 0.351 e. The Bertz CT molecular complexity index is 1770. The number of rotatable bonds is 11. The molecule has 6 rings (SSSR count). The lowest BCUT2D eigenvalue weighted by atomic mass is 9.73. The summed E-state index contributed by atoms with van der Waals surface area (Å²) in [6.45, 7) is 0.497. The Morgan fingerprint density at radius 2 is 1.63 bits per heavy atom. The van der Waals surface area contributed by atoms with Gasteiger partial charge in [-0.05, 0) is 67.6 Å². The first-order valence-electron chi connectivity index (χ1n) is 16.2. The van der Waals surface area contributed by atoms with Crippen molar-refractivity contribution >= 4 is 5.91 Å². The summed E-state index contributed by atoms with van der Waals surface area (Å²) >= 11 is 0. The van der Waals surface area contributed by atoms with E-state index in [2.05, 4.69) is 51.7 Å². The number of aryl methyl sites for hydroxylation is 3. The van der Waals surface area contributed by atoms with Crippen molar-refractivity contribution in [3.63, 3.8) is 0 Å². The molecule has 5 aromatic rings. The van der Waals surface area contributed by atoms with Gasteiger partial charge in [0.15, 0.2) is 0 Å². The average Bonchev–Trinajstić information content (AvgIpc) is 3.54. The molecule has 1 atom stereocenters.